The molecule has 0 N–H and O–H groups in total. The van der Waals surface area contributed by atoms with Crippen LogP contribution in [-0.2, 0) is 9.59 Å². The maximum absolute atomic E-state index is 13.5. The molecular formula is C19H26O2. The van der Waals surface area contributed by atoms with Gasteiger partial charge >= 0.3 is 0 Å². The zero-order valence-corrected chi connectivity index (χ0v) is 13.4. The molecule has 4 aliphatic rings. The largest absolute Gasteiger partial charge is 0.299 e. The molecule has 0 amide bonds. The number of aldehydes is 1. The Balaban J connectivity index is 1.86. The Kier molecular flexibility index (Phi) is 2.67. The SMILES string of the molecule is C[C@@H]1C[C@@H]2[C@H]([C@@H]3CC(C=O)=C[C@@H]4CCC[C@]14C3=O)C2(C)C. The zero-order valence-electron chi connectivity index (χ0n) is 13.4. The van der Waals surface area contributed by atoms with Crippen molar-refractivity contribution in [2.24, 2.45) is 40.4 Å². The second-order valence-corrected chi connectivity index (χ2v) is 8.66. The van der Waals surface area contributed by atoms with E-state index in [0.29, 0.717) is 41.3 Å². The lowest BCUT2D eigenvalue weighted by Gasteiger charge is -2.39. The summed E-state index contributed by atoms with van der Waals surface area (Å²) in [5, 5.41) is 0. The summed E-state index contributed by atoms with van der Waals surface area (Å²) >= 11 is 0. The molecule has 0 heterocycles. The average molecular weight is 286 g/mol. The quantitative estimate of drug-likeness (QED) is 0.687. The van der Waals surface area contributed by atoms with E-state index in [4.69, 9.17) is 0 Å². The third-order valence-corrected chi connectivity index (χ3v) is 7.64. The van der Waals surface area contributed by atoms with E-state index >= 15 is 0 Å². The first-order chi connectivity index (χ1) is 9.92. The van der Waals surface area contributed by atoms with Crippen molar-refractivity contribution in [1.82, 2.24) is 0 Å². The highest BCUT2D eigenvalue weighted by Crippen LogP contribution is 2.71. The van der Waals surface area contributed by atoms with Gasteiger partial charge in [0.25, 0.3) is 0 Å². The number of Topliss-reactive ketones (excluding diaryl/α,β-unsaturated/α-hetero) is 1. The Hall–Kier alpha value is -0.920. The number of carbonyl (C=O) groups excluding carboxylic acids is 2. The van der Waals surface area contributed by atoms with Crippen LogP contribution in [0.5, 0.6) is 0 Å². The molecule has 0 aromatic heterocycles. The van der Waals surface area contributed by atoms with E-state index < -0.39 is 0 Å². The fourth-order valence-electron chi connectivity index (χ4n) is 6.47. The van der Waals surface area contributed by atoms with Crippen LogP contribution in [0, 0.1) is 40.4 Å². The molecule has 4 aliphatic carbocycles. The predicted molar refractivity (Wildman–Crippen MR) is 81.6 cm³/mol. The van der Waals surface area contributed by atoms with E-state index in [-0.39, 0.29) is 11.3 Å². The molecule has 0 aliphatic heterocycles. The van der Waals surface area contributed by atoms with Crippen molar-refractivity contribution < 1.29 is 9.59 Å². The summed E-state index contributed by atoms with van der Waals surface area (Å²) in [7, 11) is 0. The summed E-state index contributed by atoms with van der Waals surface area (Å²) in [6.45, 7) is 6.95. The van der Waals surface area contributed by atoms with Crippen LogP contribution < -0.4 is 0 Å². The smallest absolute Gasteiger partial charge is 0.145 e. The first-order valence-electron chi connectivity index (χ1n) is 8.63. The van der Waals surface area contributed by atoms with Gasteiger partial charge in [0.05, 0.1) is 0 Å². The highest BCUT2D eigenvalue weighted by molar-refractivity contribution is 5.92. The molecule has 21 heavy (non-hydrogen) atoms. The number of rotatable bonds is 1. The molecule has 2 heteroatoms. The van der Waals surface area contributed by atoms with Gasteiger partial charge in [-0.2, -0.15) is 0 Å². The Morgan fingerprint density at radius 3 is 2.81 bits per heavy atom. The monoisotopic (exact) mass is 286 g/mol. The molecule has 6 atom stereocenters. The molecular weight excluding hydrogens is 260 g/mol. The Labute approximate surface area is 127 Å². The Bertz CT molecular complexity index is 544. The van der Waals surface area contributed by atoms with Crippen LogP contribution >= 0.6 is 0 Å². The predicted octanol–water partition coefficient (Wildman–Crippen LogP) is 3.80. The van der Waals surface area contributed by atoms with Crippen LogP contribution in [0.3, 0.4) is 0 Å². The van der Waals surface area contributed by atoms with Crippen molar-refractivity contribution in [1.29, 1.82) is 0 Å². The summed E-state index contributed by atoms with van der Waals surface area (Å²) in [5.41, 5.74) is 1.05. The molecule has 0 aromatic carbocycles. The van der Waals surface area contributed by atoms with E-state index in [9.17, 15) is 9.59 Å². The van der Waals surface area contributed by atoms with E-state index in [2.05, 4.69) is 26.8 Å². The average Bonchev–Trinajstić information content (AvgIpc) is 2.83. The fourth-order valence-corrected chi connectivity index (χ4v) is 6.47. The van der Waals surface area contributed by atoms with Crippen molar-refractivity contribution in [3.05, 3.63) is 11.6 Å². The summed E-state index contributed by atoms with van der Waals surface area (Å²) in [6.07, 6.45) is 8.42. The molecule has 1 spiro atoms. The third-order valence-electron chi connectivity index (χ3n) is 7.64. The van der Waals surface area contributed by atoms with Crippen LogP contribution in [0.15, 0.2) is 11.6 Å². The molecule has 0 saturated heterocycles. The second kappa shape index (κ2) is 4.08. The minimum absolute atomic E-state index is 0.106. The van der Waals surface area contributed by atoms with Gasteiger partial charge < -0.3 is 0 Å². The topological polar surface area (TPSA) is 34.1 Å². The minimum Gasteiger partial charge on any atom is -0.299 e. The van der Waals surface area contributed by atoms with E-state index in [0.717, 1.165) is 31.1 Å². The lowest BCUT2D eigenvalue weighted by Crippen LogP contribution is -2.42. The summed E-state index contributed by atoms with van der Waals surface area (Å²) < 4.78 is 0. The zero-order chi connectivity index (χ0) is 15.0. The standard InChI is InChI=1S/C19H26O2/c1-11-7-15-16(18(15,2)3)14-9-12(10-20)8-13-5-4-6-19(11,13)17(14)21/h8,10-11,13-16H,4-7,9H2,1-3H3/t11-,13+,14+,15-,16+,19+/m1/s1. The third kappa shape index (κ3) is 1.54. The van der Waals surface area contributed by atoms with Gasteiger partial charge in [0.2, 0.25) is 0 Å². The molecule has 3 saturated carbocycles. The van der Waals surface area contributed by atoms with Crippen LogP contribution in [0.4, 0.5) is 0 Å². The number of allylic oxidation sites excluding steroid dienone is 2. The summed E-state index contributed by atoms with van der Waals surface area (Å²) in [4.78, 5) is 25.0. The van der Waals surface area contributed by atoms with Gasteiger partial charge in [-0.3, -0.25) is 9.59 Å². The van der Waals surface area contributed by atoms with Gasteiger partial charge in [0, 0.05) is 11.3 Å². The van der Waals surface area contributed by atoms with Crippen LogP contribution in [0.1, 0.15) is 52.9 Å². The first kappa shape index (κ1) is 13.7. The van der Waals surface area contributed by atoms with Crippen molar-refractivity contribution >= 4 is 12.1 Å². The number of hydrogen-bond donors (Lipinski definition) is 0. The first-order valence-corrected chi connectivity index (χ1v) is 8.63. The molecule has 0 unspecified atom stereocenters. The molecule has 114 valence electrons. The highest BCUT2D eigenvalue weighted by atomic mass is 16.1. The Morgan fingerprint density at radius 2 is 2.10 bits per heavy atom. The molecule has 3 fully saturated rings. The van der Waals surface area contributed by atoms with Crippen LogP contribution in [0.25, 0.3) is 0 Å². The number of fused-ring (bicyclic) bond motifs is 3. The normalized spacial score (nSPS) is 50.3. The maximum Gasteiger partial charge on any atom is 0.145 e. The van der Waals surface area contributed by atoms with Gasteiger partial charge in [-0.05, 0) is 60.3 Å². The summed E-state index contributed by atoms with van der Waals surface area (Å²) in [5.74, 6) is 2.62. The molecule has 0 aromatic rings. The number of hydrogen-bond acceptors (Lipinski definition) is 2. The minimum atomic E-state index is -0.140. The molecule has 2 bridgehead atoms. The second-order valence-electron chi connectivity index (χ2n) is 8.66. The van der Waals surface area contributed by atoms with Gasteiger partial charge in [0.15, 0.2) is 0 Å². The Morgan fingerprint density at radius 1 is 1.33 bits per heavy atom. The fraction of sp³-hybridized carbons (Fsp3) is 0.789. The van der Waals surface area contributed by atoms with Gasteiger partial charge in [-0.1, -0.05) is 33.3 Å². The van der Waals surface area contributed by atoms with Crippen LogP contribution in [0.2, 0.25) is 0 Å². The van der Waals surface area contributed by atoms with Gasteiger partial charge in [-0.15, -0.1) is 0 Å². The molecule has 2 nitrogen and oxygen atoms in total. The van der Waals surface area contributed by atoms with Gasteiger partial charge in [-0.25, -0.2) is 0 Å². The van der Waals surface area contributed by atoms with Crippen LogP contribution in [-0.4, -0.2) is 12.1 Å². The lowest BCUT2D eigenvalue weighted by molar-refractivity contribution is -0.137. The molecule has 0 radical (unpaired) electrons. The van der Waals surface area contributed by atoms with Crippen molar-refractivity contribution in [3.63, 3.8) is 0 Å². The van der Waals surface area contributed by atoms with Crippen molar-refractivity contribution in [2.45, 2.75) is 52.9 Å². The number of ketones is 1. The van der Waals surface area contributed by atoms with Crippen molar-refractivity contribution in [3.8, 4) is 0 Å². The maximum atomic E-state index is 13.5. The van der Waals surface area contributed by atoms with E-state index in [1.165, 1.54) is 6.42 Å². The van der Waals surface area contributed by atoms with Gasteiger partial charge in [0.1, 0.15) is 12.1 Å². The summed E-state index contributed by atoms with van der Waals surface area (Å²) in [6, 6.07) is 0. The lowest BCUT2D eigenvalue weighted by atomic mass is 9.63. The van der Waals surface area contributed by atoms with Crippen molar-refractivity contribution in [2.75, 3.05) is 0 Å². The number of carbonyl (C=O) groups is 2. The molecule has 4 rings (SSSR count). The van der Waals surface area contributed by atoms with E-state index in [1.54, 1.807) is 0 Å². The highest BCUT2D eigenvalue weighted by Gasteiger charge is 2.69. The van der Waals surface area contributed by atoms with E-state index in [1.807, 2.05) is 0 Å².